The predicted molar refractivity (Wildman–Crippen MR) is 122 cm³/mol. The Kier molecular flexibility index (Phi) is 7.03. The fraction of sp³-hybridized carbons (Fsp3) is 0.292. The number of ether oxygens (including phenoxy) is 3. The molecule has 10 nitrogen and oxygen atoms in total. The summed E-state index contributed by atoms with van der Waals surface area (Å²) in [5, 5.41) is 9.44. The van der Waals surface area contributed by atoms with Crippen LogP contribution >= 0.6 is 0 Å². The molecule has 2 aromatic carbocycles. The monoisotopic (exact) mass is 462 g/mol. The molecule has 0 radical (unpaired) electrons. The molecule has 1 amide bonds. The highest BCUT2D eigenvalue weighted by molar-refractivity contribution is 5.95. The number of fused-ring (bicyclic) bond motifs is 2. The highest BCUT2D eigenvalue weighted by atomic mass is 16.6. The number of carbonyl (C=O) groups is 2. The number of para-hydroxylation sites is 1. The minimum atomic E-state index is -0.605. The van der Waals surface area contributed by atoms with Crippen LogP contribution in [0.15, 0.2) is 47.3 Å². The van der Waals surface area contributed by atoms with Crippen molar-refractivity contribution >= 4 is 28.5 Å². The van der Waals surface area contributed by atoms with Crippen molar-refractivity contribution in [2.75, 3.05) is 31.3 Å². The van der Waals surface area contributed by atoms with Crippen LogP contribution < -0.4 is 19.9 Å². The molecule has 3 aromatic rings. The summed E-state index contributed by atoms with van der Waals surface area (Å²) in [5.74, 6) is 0.366. The predicted octanol–water partition coefficient (Wildman–Crippen LogP) is 2.12. The minimum Gasteiger partial charge on any atom is -0.486 e. The number of nitriles is 1. The van der Waals surface area contributed by atoms with Crippen molar-refractivity contribution in [2.24, 2.45) is 0 Å². The fourth-order valence-electron chi connectivity index (χ4n) is 3.53. The molecule has 2 heterocycles. The molecular weight excluding hydrogens is 440 g/mol. The highest BCUT2D eigenvalue weighted by Gasteiger charge is 2.21. The molecule has 1 aromatic heterocycles. The minimum absolute atomic E-state index is 0.0588. The van der Waals surface area contributed by atoms with Crippen molar-refractivity contribution in [3.05, 3.63) is 58.6 Å². The largest absolute Gasteiger partial charge is 0.486 e. The molecule has 0 unspecified atom stereocenters. The van der Waals surface area contributed by atoms with Crippen LogP contribution in [0.4, 0.5) is 5.69 Å². The number of nitrogens with zero attached hydrogens (tertiary/aromatic N) is 3. The van der Waals surface area contributed by atoms with Crippen LogP contribution in [0.3, 0.4) is 0 Å². The second-order valence-electron chi connectivity index (χ2n) is 7.47. The highest BCUT2D eigenvalue weighted by Crippen LogP contribution is 2.34. The lowest BCUT2D eigenvalue weighted by atomic mass is 10.2. The van der Waals surface area contributed by atoms with Gasteiger partial charge in [-0.05, 0) is 24.3 Å². The van der Waals surface area contributed by atoms with Gasteiger partial charge in [0.15, 0.2) is 18.1 Å². The second-order valence-corrected chi connectivity index (χ2v) is 7.47. The van der Waals surface area contributed by atoms with Gasteiger partial charge in [0.05, 0.1) is 29.8 Å². The Labute approximate surface area is 194 Å². The fourth-order valence-corrected chi connectivity index (χ4v) is 3.53. The van der Waals surface area contributed by atoms with Crippen LogP contribution in [0.25, 0.3) is 10.9 Å². The SMILES string of the molecule is N#CCCN(C(=O)COC(=O)CCc1nc2ccccc2c(=O)[nH]1)c1ccc2c(c1)OCCO2. The molecule has 0 bridgehead atoms. The number of nitrogens with one attached hydrogen (secondary N) is 1. The summed E-state index contributed by atoms with van der Waals surface area (Å²) in [6.07, 6.45) is 0.208. The number of rotatable bonds is 8. The Morgan fingerprint density at radius 2 is 1.94 bits per heavy atom. The Hall–Kier alpha value is -4.39. The topological polar surface area (TPSA) is 135 Å². The van der Waals surface area contributed by atoms with Crippen LogP contribution in [0, 0.1) is 11.3 Å². The number of benzene rings is 2. The summed E-state index contributed by atoms with van der Waals surface area (Å²) in [6, 6.07) is 14.0. The quantitative estimate of drug-likeness (QED) is 0.503. The van der Waals surface area contributed by atoms with Gasteiger partial charge in [0, 0.05) is 24.7 Å². The van der Waals surface area contributed by atoms with Crippen molar-refractivity contribution in [3.63, 3.8) is 0 Å². The molecule has 174 valence electrons. The number of H-pyrrole nitrogens is 1. The van der Waals surface area contributed by atoms with Crippen molar-refractivity contribution in [1.29, 1.82) is 5.26 Å². The van der Waals surface area contributed by atoms with Gasteiger partial charge >= 0.3 is 5.97 Å². The molecule has 10 heteroatoms. The van der Waals surface area contributed by atoms with E-state index in [2.05, 4.69) is 9.97 Å². The number of esters is 1. The average Bonchev–Trinajstić information content (AvgIpc) is 2.86. The van der Waals surface area contributed by atoms with Gasteiger partial charge in [0.1, 0.15) is 19.0 Å². The molecule has 0 saturated carbocycles. The second kappa shape index (κ2) is 10.5. The molecule has 34 heavy (non-hydrogen) atoms. The molecule has 1 aliphatic rings. The molecule has 0 atom stereocenters. The first-order valence-corrected chi connectivity index (χ1v) is 10.8. The normalized spacial score (nSPS) is 12.1. The molecule has 1 aliphatic heterocycles. The Bertz CT molecular complexity index is 1310. The van der Waals surface area contributed by atoms with Gasteiger partial charge in [-0.15, -0.1) is 0 Å². The number of anilines is 1. The van der Waals surface area contributed by atoms with E-state index in [1.165, 1.54) is 4.90 Å². The van der Waals surface area contributed by atoms with Crippen molar-refractivity contribution < 1.29 is 23.8 Å². The maximum absolute atomic E-state index is 12.8. The maximum Gasteiger partial charge on any atom is 0.306 e. The number of hydrogen-bond acceptors (Lipinski definition) is 8. The molecule has 4 rings (SSSR count). The van der Waals surface area contributed by atoms with Crippen LogP contribution in [-0.2, 0) is 20.7 Å². The number of aryl methyl sites for hydroxylation is 1. The van der Waals surface area contributed by atoms with E-state index in [-0.39, 0.29) is 31.4 Å². The number of hydrogen-bond donors (Lipinski definition) is 1. The molecule has 0 spiro atoms. The van der Waals surface area contributed by atoms with Crippen LogP contribution in [-0.4, -0.2) is 48.2 Å². The van der Waals surface area contributed by atoms with E-state index >= 15 is 0 Å². The van der Waals surface area contributed by atoms with Crippen molar-refractivity contribution in [2.45, 2.75) is 19.3 Å². The summed E-state index contributed by atoms with van der Waals surface area (Å²) < 4.78 is 16.2. The van der Waals surface area contributed by atoms with Crippen molar-refractivity contribution in [1.82, 2.24) is 9.97 Å². The van der Waals surface area contributed by atoms with Gasteiger partial charge in [-0.25, -0.2) is 4.98 Å². The molecule has 0 saturated heterocycles. The lowest BCUT2D eigenvalue weighted by Gasteiger charge is -2.24. The zero-order valence-corrected chi connectivity index (χ0v) is 18.3. The van der Waals surface area contributed by atoms with E-state index in [0.717, 1.165) is 0 Å². The summed E-state index contributed by atoms with van der Waals surface area (Å²) in [6.45, 7) is 0.495. The number of aromatic amines is 1. The summed E-state index contributed by atoms with van der Waals surface area (Å²) in [7, 11) is 0. The summed E-state index contributed by atoms with van der Waals surface area (Å²) >= 11 is 0. The van der Waals surface area contributed by atoms with E-state index in [1.807, 2.05) is 6.07 Å². The van der Waals surface area contributed by atoms with Crippen LogP contribution in [0.2, 0.25) is 0 Å². The third-order valence-electron chi connectivity index (χ3n) is 5.17. The third kappa shape index (κ3) is 5.32. The van der Waals surface area contributed by atoms with Gasteiger partial charge in [0.2, 0.25) is 0 Å². The van der Waals surface area contributed by atoms with Gasteiger partial charge in [0.25, 0.3) is 11.5 Å². The Morgan fingerprint density at radius 1 is 1.15 bits per heavy atom. The third-order valence-corrected chi connectivity index (χ3v) is 5.17. The molecule has 0 aliphatic carbocycles. The van der Waals surface area contributed by atoms with E-state index in [1.54, 1.807) is 42.5 Å². The maximum atomic E-state index is 12.8. The van der Waals surface area contributed by atoms with Gasteiger partial charge < -0.3 is 24.1 Å². The number of aromatic nitrogens is 2. The zero-order valence-electron chi connectivity index (χ0n) is 18.3. The zero-order chi connectivity index (χ0) is 23.9. The van der Waals surface area contributed by atoms with Gasteiger partial charge in [-0.3, -0.25) is 14.4 Å². The number of carbonyl (C=O) groups excluding carboxylic acids is 2. The van der Waals surface area contributed by atoms with E-state index < -0.39 is 18.5 Å². The Balaban J connectivity index is 1.36. The number of amides is 1. The molecule has 1 N–H and O–H groups in total. The lowest BCUT2D eigenvalue weighted by molar-refractivity contribution is -0.147. The average molecular weight is 462 g/mol. The smallest absolute Gasteiger partial charge is 0.306 e. The standard InChI is InChI=1S/C24H22N4O6/c25-10-3-11-28(16-6-7-19-20(14-16)33-13-12-32-19)22(29)15-34-23(30)9-8-21-26-18-5-2-1-4-17(18)24(31)27-21/h1-2,4-7,14H,3,8-9,11-13,15H2,(H,26,27,31). The molecule has 0 fully saturated rings. The van der Waals surface area contributed by atoms with Crippen LogP contribution in [0.1, 0.15) is 18.7 Å². The van der Waals surface area contributed by atoms with E-state index in [9.17, 15) is 14.4 Å². The summed E-state index contributed by atoms with van der Waals surface area (Å²) in [5.41, 5.74) is 0.771. The first kappa shape index (κ1) is 22.8. The summed E-state index contributed by atoms with van der Waals surface area (Å²) in [4.78, 5) is 45.5. The first-order chi connectivity index (χ1) is 16.5. The Morgan fingerprint density at radius 3 is 2.76 bits per heavy atom. The van der Waals surface area contributed by atoms with Gasteiger partial charge in [-0.1, -0.05) is 12.1 Å². The van der Waals surface area contributed by atoms with Gasteiger partial charge in [-0.2, -0.15) is 5.26 Å². The van der Waals surface area contributed by atoms with Crippen LogP contribution in [0.5, 0.6) is 11.5 Å². The van der Waals surface area contributed by atoms with Crippen molar-refractivity contribution in [3.8, 4) is 17.6 Å². The van der Waals surface area contributed by atoms with E-state index in [4.69, 9.17) is 19.5 Å². The molecular formula is C24H22N4O6. The first-order valence-electron chi connectivity index (χ1n) is 10.8. The van der Waals surface area contributed by atoms with E-state index in [0.29, 0.717) is 47.1 Å². The lowest BCUT2D eigenvalue weighted by Crippen LogP contribution is -2.35.